The molecule has 1 aliphatic rings. The standard InChI is InChI=1S/C17H23N5O4S/c1-22-16(19-12-20-22)7-8-18-17(23)13-4-2-6-15(10-13)27(24,25)21-11-14-5-3-9-26-14/h2,4,6,10,12,14,21H,3,5,7-9,11H2,1H3,(H,18,23)/t14-/m0/s1. The Kier molecular flexibility index (Phi) is 6.19. The molecule has 27 heavy (non-hydrogen) atoms. The molecule has 1 fully saturated rings. The van der Waals surface area contributed by atoms with Gasteiger partial charge in [0.2, 0.25) is 10.0 Å². The number of benzene rings is 1. The number of hydrogen-bond donors (Lipinski definition) is 2. The Bertz CT molecular complexity index is 890. The molecule has 0 radical (unpaired) electrons. The van der Waals surface area contributed by atoms with Gasteiger partial charge in [0.05, 0.1) is 11.0 Å². The number of hydrogen-bond acceptors (Lipinski definition) is 6. The van der Waals surface area contributed by atoms with Crippen LogP contribution in [0.3, 0.4) is 0 Å². The molecule has 3 rings (SSSR count). The summed E-state index contributed by atoms with van der Waals surface area (Å²) in [6.45, 7) is 1.27. The summed E-state index contributed by atoms with van der Waals surface area (Å²) in [4.78, 5) is 16.5. The first-order valence-electron chi connectivity index (χ1n) is 8.78. The summed E-state index contributed by atoms with van der Waals surface area (Å²) in [6.07, 6.45) is 3.68. The molecule has 146 valence electrons. The molecule has 2 heterocycles. The van der Waals surface area contributed by atoms with Gasteiger partial charge in [0.25, 0.3) is 5.91 Å². The number of sulfonamides is 1. The molecule has 2 N–H and O–H groups in total. The van der Waals surface area contributed by atoms with Crippen LogP contribution in [0.2, 0.25) is 0 Å². The second kappa shape index (κ2) is 8.59. The molecule has 0 saturated carbocycles. The van der Waals surface area contributed by atoms with Crippen LogP contribution in [-0.2, 0) is 28.2 Å². The lowest BCUT2D eigenvalue weighted by atomic mass is 10.2. The Morgan fingerprint density at radius 2 is 2.26 bits per heavy atom. The third-order valence-electron chi connectivity index (χ3n) is 4.37. The zero-order valence-corrected chi connectivity index (χ0v) is 15.9. The lowest BCUT2D eigenvalue weighted by molar-refractivity contribution is 0.0953. The van der Waals surface area contributed by atoms with E-state index in [1.807, 2.05) is 0 Å². The average Bonchev–Trinajstić information content (AvgIpc) is 3.32. The van der Waals surface area contributed by atoms with Crippen molar-refractivity contribution in [2.45, 2.75) is 30.3 Å². The van der Waals surface area contributed by atoms with Crippen LogP contribution in [0.1, 0.15) is 29.0 Å². The number of ether oxygens (including phenoxy) is 1. The molecule has 1 saturated heterocycles. The van der Waals surface area contributed by atoms with Crippen LogP contribution in [0.5, 0.6) is 0 Å². The number of amides is 1. The number of aromatic nitrogens is 3. The van der Waals surface area contributed by atoms with E-state index in [1.165, 1.54) is 18.5 Å². The Morgan fingerprint density at radius 1 is 1.41 bits per heavy atom. The van der Waals surface area contributed by atoms with E-state index in [9.17, 15) is 13.2 Å². The highest BCUT2D eigenvalue weighted by molar-refractivity contribution is 7.89. The molecule has 0 unspecified atom stereocenters. The summed E-state index contributed by atoms with van der Waals surface area (Å²) >= 11 is 0. The van der Waals surface area contributed by atoms with Crippen molar-refractivity contribution < 1.29 is 17.9 Å². The normalized spacial score (nSPS) is 17.1. The molecule has 1 aromatic carbocycles. The predicted molar refractivity (Wildman–Crippen MR) is 97.6 cm³/mol. The van der Waals surface area contributed by atoms with Crippen molar-refractivity contribution in [3.63, 3.8) is 0 Å². The van der Waals surface area contributed by atoms with Crippen LogP contribution in [0.4, 0.5) is 0 Å². The molecule has 1 atom stereocenters. The van der Waals surface area contributed by atoms with Crippen LogP contribution in [0, 0.1) is 0 Å². The Labute approximate surface area is 158 Å². The first kappa shape index (κ1) is 19.5. The minimum Gasteiger partial charge on any atom is -0.377 e. The van der Waals surface area contributed by atoms with Crippen molar-refractivity contribution in [2.75, 3.05) is 19.7 Å². The summed E-state index contributed by atoms with van der Waals surface area (Å²) in [5, 5.41) is 6.73. The lowest BCUT2D eigenvalue weighted by Gasteiger charge is -2.12. The molecular formula is C17H23N5O4S. The number of rotatable bonds is 8. The van der Waals surface area contributed by atoms with Crippen molar-refractivity contribution >= 4 is 15.9 Å². The fraction of sp³-hybridized carbons (Fsp3) is 0.471. The van der Waals surface area contributed by atoms with E-state index in [1.54, 1.807) is 23.9 Å². The monoisotopic (exact) mass is 393 g/mol. The Balaban J connectivity index is 1.58. The van der Waals surface area contributed by atoms with Gasteiger partial charge in [-0.05, 0) is 31.0 Å². The van der Waals surface area contributed by atoms with Gasteiger partial charge in [-0.25, -0.2) is 18.1 Å². The van der Waals surface area contributed by atoms with Crippen LogP contribution < -0.4 is 10.0 Å². The molecule has 1 aromatic heterocycles. The third kappa shape index (κ3) is 5.12. The van der Waals surface area contributed by atoms with Gasteiger partial charge in [-0.15, -0.1) is 0 Å². The highest BCUT2D eigenvalue weighted by Gasteiger charge is 2.21. The second-order valence-corrected chi connectivity index (χ2v) is 8.09. The van der Waals surface area contributed by atoms with Crippen molar-refractivity contribution in [1.82, 2.24) is 24.8 Å². The fourth-order valence-corrected chi connectivity index (χ4v) is 3.94. The highest BCUT2D eigenvalue weighted by Crippen LogP contribution is 2.14. The third-order valence-corrected chi connectivity index (χ3v) is 5.79. The van der Waals surface area contributed by atoms with Crippen molar-refractivity contribution in [3.8, 4) is 0 Å². The number of aryl methyl sites for hydroxylation is 1. The van der Waals surface area contributed by atoms with Gasteiger partial charge in [-0.3, -0.25) is 9.48 Å². The number of carbonyl (C=O) groups is 1. The van der Waals surface area contributed by atoms with Crippen LogP contribution in [-0.4, -0.2) is 54.9 Å². The minimum atomic E-state index is -3.70. The highest BCUT2D eigenvalue weighted by atomic mass is 32.2. The minimum absolute atomic E-state index is 0.0569. The zero-order chi connectivity index (χ0) is 19.3. The topological polar surface area (TPSA) is 115 Å². The summed E-state index contributed by atoms with van der Waals surface area (Å²) in [5.74, 6) is 0.415. The summed E-state index contributed by atoms with van der Waals surface area (Å²) < 4.78 is 34.5. The maximum Gasteiger partial charge on any atom is 0.251 e. The van der Waals surface area contributed by atoms with Gasteiger partial charge in [0, 0.05) is 38.7 Å². The first-order valence-corrected chi connectivity index (χ1v) is 10.3. The zero-order valence-electron chi connectivity index (χ0n) is 15.1. The van der Waals surface area contributed by atoms with Gasteiger partial charge in [-0.2, -0.15) is 5.10 Å². The molecule has 0 bridgehead atoms. The van der Waals surface area contributed by atoms with E-state index < -0.39 is 10.0 Å². The van der Waals surface area contributed by atoms with Gasteiger partial charge in [0.15, 0.2) is 0 Å². The van der Waals surface area contributed by atoms with Crippen molar-refractivity contribution in [1.29, 1.82) is 0 Å². The summed E-state index contributed by atoms with van der Waals surface area (Å²) in [7, 11) is -1.92. The SMILES string of the molecule is Cn1ncnc1CCNC(=O)c1cccc(S(=O)(=O)NC[C@@H]2CCCO2)c1. The van der Waals surface area contributed by atoms with Gasteiger partial charge in [-0.1, -0.05) is 6.07 Å². The van der Waals surface area contributed by atoms with E-state index in [0.29, 0.717) is 19.6 Å². The van der Waals surface area contributed by atoms with Gasteiger partial charge in [0.1, 0.15) is 12.2 Å². The smallest absolute Gasteiger partial charge is 0.251 e. The number of nitrogens with zero attached hydrogens (tertiary/aromatic N) is 3. The van der Waals surface area contributed by atoms with Crippen LogP contribution in [0.15, 0.2) is 35.5 Å². The molecule has 1 amide bonds. The van der Waals surface area contributed by atoms with Crippen molar-refractivity contribution in [2.24, 2.45) is 7.05 Å². The molecular weight excluding hydrogens is 370 g/mol. The molecule has 1 aliphatic heterocycles. The van der Waals surface area contributed by atoms with Crippen molar-refractivity contribution in [3.05, 3.63) is 42.0 Å². The summed E-state index contributed by atoms with van der Waals surface area (Å²) in [6, 6.07) is 5.97. The number of nitrogens with one attached hydrogen (secondary N) is 2. The lowest BCUT2D eigenvalue weighted by Crippen LogP contribution is -2.32. The molecule has 9 nitrogen and oxygen atoms in total. The molecule has 0 aliphatic carbocycles. The largest absolute Gasteiger partial charge is 0.377 e. The Morgan fingerprint density at radius 3 is 2.96 bits per heavy atom. The van der Waals surface area contributed by atoms with Gasteiger partial charge < -0.3 is 10.1 Å². The average molecular weight is 393 g/mol. The fourth-order valence-electron chi connectivity index (χ4n) is 2.83. The second-order valence-electron chi connectivity index (χ2n) is 6.32. The van der Waals surface area contributed by atoms with Crippen LogP contribution >= 0.6 is 0 Å². The maximum absolute atomic E-state index is 12.5. The first-order chi connectivity index (χ1) is 13.0. The quantitative estimate of drug-likeness (QED) is 0.664. The molecule has 2 aromatic rings. The maximum atomic E-state index is 12.5. The van der Waals surface area contributed by atoms with E-state index in [0.717, 1.165) is 18.7 Å². The molecule has 0 spiro atoms. The Hall–Kier alpha value is -2.30. The number of carbonyl (C=O) groups excluding carboxylic acids is 1. The van der Waals surface area contributed by atoms with Crippen LogP contribution in [0.25, 0.3) is 0 Å². The van der Waals surface area contributed by atoms with Gasteiger partial charge >= 0.3 is 0 Å². The van der Waals surface area contributed by atoms with E-state index in [-0.39, 0.29) is 29.0 Å². The molecule has 10 heteroatoms. The van der Waals surface area contributed by atoms with E-state index in [2.05, 4.69) is 20.1 Å². The summed E-state index contributed by atoms with van der Waals surface area (Å²) in [5.41, 5.74) is 0.285. The van der Waals surface area contributed by atoms with E-state index >= 15 is 0 Å². The van der Waals surface area contributed by atoms with E-state index in [4.69, 9.17) is 4.74 Å². The predicted octanol–water partition coefficient (Wildman–Crippen LogP) is 0.245.